The van der Waals surface area contributed by atoms with Crippen molar-refractivity contribution in [1.82, 2.24) is 0 Å². The van der Waals surface area contributed by atoms with Gasteiger partial charge in [-0.3, -0.25) is 0 Å². The van der Waals surface area contributed by atoms with Gasteiger partial charge in [0, 0.05) is 34.1 Å². The van der Waals surface area contributed by atoms with Crippen molar-refractivity contribution in [3.63, 3.8) is 0 Å². The van der Waals surface area contributed by atoms with E-state index in [-0.39, 0.29) is 6.71 Å². The van der Waals surface area contributed by atoms with Gasteiger partial charge in [0.25, 0.3) is 6.71 Å². The van der Waals surface area contributed by atoms with Gasteiger partial charge < -0.3 is 9.80 Å². The Labute approximate surface area is 226 Å². The zero-order valence-corrected chi connectivity index (χ0v) is 22.7. The molecule has 0 aliphatic carbocycles. The molecule has 7 rings (SSSR count). The van der Waals surface area contributed by atoms with E-state index in [1.807, 2.05) is 0 Å². The summed E-state index contributed by atoms with van der Waals surface area (Å²) in [5, 5.41) is 0. The fourth-order valence-corrected chi connectivity index (χ4v) is 6.41. The van der Waals surface area contributed by atoms with E-state index < -0.39 is 0 Å². The van der Waals surface area contributed by atoms with Gasteiger partial charge >= 0.3 is 0 Å². The smallest absolute Gasteiger partial charge is 0.252 e. The molecule has 0 saturated heterocycles. The highest BCUT2D eigenvalue weighted by Crippen LogP contribution is 2.45. The first-order chi connectivity index (χ1) is 18.4. The number of benzene rings is 5. The SMILES string of the molecule is Cc1ccc(N2c3cc(C)ccc3B3c4cc(C)ccc4N(c4ccccc4C)c4cc(C)cc2c43)cc1. The highest BCUT2D eigenvalue weighted by Gasteiger charge is 2.43. The van der Waals surface area contributed by atoms with Gasteiger partial charge in [-0.2, -0.15) is 0 Å². The van der Waals surface area contributed by atoms with Crippen molar-refractivity contribution in [3.05, 3.63) is 125 Å². The fraction of sp³-hybridized carbons (Fsp3) is 0.143. The maximum absolute atomic E-state index is 2.50. The minimum Gasteiger partial charge on any atom is -0.311 e. The molecular weight excluding hydrogens is 459 g/mol. The molecule has 0 atom stereocenters. The van der Waals surface area contributed by atoms with Crippen molar-refractivity contribution in [2.75, 3.05) is 9.80 Å². The number of hydrogen-bond donors (Lipinski definition) is 0. The van der Waals surface area contributed by atoms with Crippen LogP contribution in [0.3, 0.4) is 0 Å². The Hall–Kier alpha value is -4.24. The molecule has 0 unspecified atom stereocenters. The molecule has 5 aromatic carbocycles. The van der Waals surface area contributed by atoms with E-state index in [1.165, 1.54) is 78.3 Å². The summed E-state index contributed by atoms with van der Waals surface area (Å²) in [4.78, 5) is 4.99. The van der Waals surface area contributed by atoms with Crippen LogP contribution in [-0.4, -0.2) is 6.71 Å². The second-order valence-corrected chi connectivity index (χ2v) is 11.1. The van der Waals surface area contributed by atoms with Gasteiger partial charge in [0.05, 0.1) is 0 Å². The molecule has 0 amide bonds. The largest absolute Gasteiger partial charge is 0.311 e. The molecule has 0 bridgehead atoms. The van der Waals surface area contributed by atoms with Gasteiger partial charge in [0.15, 0.2) is 0 Å². The minimum atomic E-state index is 0.174. The van der Waals surface area contributed by atoms with Crippen LogP contribution in [0.2, 0.25) is 0 Å². The lowest BCUT2D eigenvalue weighted by molar-refractivity contribution is 1.22. The molecule has 0 N–H and O–H groups in total. The zero-order valence-electron chi connectivity index (χ0n) is 22.7. The third-order valence-corrected chi connectivity index (χ3v) is 8.17. The lowest BCUT2D eigenvalue weighted by atomic mass is 9.33. The van der Waals surface area contributed by atoms with Crippen LogP contribution in [-0.2, 0) is 0 Å². The van der Waals surface area contributed by atoms with Crippen molar-refractivity contribution in [1.29, 1.82) is 0 Å². The predicted molar refractivity (Wildman–Crippen MR) is 164 cm³/mol. The van der Waals surface area contributed by atoms with Crippen molar-refractivity contribution in [2.24, 2.45) is 0 Å². The fourth-order valence-electron chi connectivity index (χ4n) is 6.41. The van der Waals surface area contributed by atoms with Crippen LogP contribution in [0.5, 0.6) is 0 Å². The molecule has 0 fully saturated rings. The second kappa shape index (κ2) is 8.39. The van der Waals surface area contributed by atoms with Gasteiger partial charge in [-0.1, -0.05) is 65.7 Å². The van der Waals surface area contributed by atoms with Crippen LogP contribution >= 0.6 is 0 Å². The van der Waals surface area contributed by atoms with E-state index >= 15 is 0 Å². The van der Waals surface area contributed by atoms with Crippen molar-refractivity contribution in [3.8, 4) is 0 Å². The lowest BCUT2D eigenvalue weighted by Gasteiger charge is -2.44. The van der Waals surface area contributed by atoms with Crippen LogP contribution in [0, 0.1) is 34.6 Å². The van der Waals surface area contributed by atoms with E-state index in [4.69, 9.17) is 0 Å². The normalized spacial score (nSPS) is 13.2. The molecule has 2 aliphatic rings. The number of fused-ring (bicyclic) bond motifs is 4. The molecule has 38 heavy (non-hydrogen) atoms. The molecule has 184 valence electrons. The monoisotopic (exact) mass is 490 g/mol. The first-order valence-corrected chi connectivity index (χ1v) is 13.5. The van der Waals surface area contributed by atoms with Crippen molar-refractivity contribution >= 4 is 57.2 Å². The van der Waals surface area contributed by atoms with Gasteiger partial charge in [-0.15, -0.1) is 0 Å². The van der Waals surface area contributed by atoms with E-state index in [0.717, 1.165) is 0 Å². The van der Waals surface area contributed by atoms with Crippen LogP contribution in [0.15, 0.2) is 97.1 Å². The minimum absolute atomic E-state index is 0.174. The summed E-state index contributed by atoms with van der Waals surface area (Å²) in [6, 6.07) is 36.5. The van der Waals surface area contributed by atoms with E-state index in [2.05, 4.69) is 141 Å². The Morgan fingerprint density at radius 2 is 1.08 bits per heavy atom. The number of rotatable bonds is 2. The molecule has 2 aliphatic heterocycles. The van der Waals surface area contributed by atoms with Crippen molar-refractivity contribution < 1.29 is 0 Å². The van der Waals surface area contributed by atoms with Crippen LogP contribution in [0.4, 0.5) is 34.1 Å². The van der Waals surface area contributed by atoms with Crippen molar-refractivity contribution in [2.45, 2.75) is 34.6 Å². The molecule has 3 heteroatoms. The average molecular weight is 490 g/mol. The quantitative estimate of drug-likeness (QED) is 0.235. The number of aryl methyl sites for hydroxylation is 5. The van der Waals surface area contributed by atoms with Crippen LogP contribution in [0.1, 0.15) is 27.8 Å². The lowest BCUT2D eigenvalue weighted by Crippen LogP contribution is -2.61. The number of anilines is 6. The Bertz CT molecular complexity index is 1730. The van der Waals surface area contributed by atoms with Gasteiger partial charge in [-0.05, 0) is 110 Å². The Balaban J connectivity index is 1.61. The maximum Gasteiger partial charge on any atom is 0.252 e. The Morgan fingerprint density at radius 1 is 0.447 bits per heavy atom. The van der Waals surface area contributed by atoms with Gasteiger partial charge in [0.2, 0.25) is 0 Å². The van der Waals surface area contributed by atoms with E-state index in [9.17, 15) is 0 Å². The summed E-state index contributed by atoms with van der Waals surface area (Å²) in [6.45, 7) is 11.2. The highest BCUT2D eigenvalue weighted by atomic mass is 15.2. The summed E-state index contributed by atoms with van der Waals surface area (Å²) in [5.74, 6) is 0. The van der Waals surface area contributed by atoms with Crippen LogP contribution in [0.25, 0.3) is 0 Å². The molecule has 2 heterocycles. The number of para-hydroxylation sites is 1. The highest BCUT2D eigenvalue weighted by molar-refractivity contribution is 7.00. The topological polar surface area (TPSA) is 6.48 Å². The summed E-state index contributed by atoms with van der Waals surface area (Å²) >= 11 is 0. The third-order valence-electron chi connectivity index (χ3n) is 8.17. The Morgan fingerprint density at radius 3 is 1.84 bits per heavy atom. The second-order valence-electron chi connectivity index (χ2n) is 11.1. The summed E-state index contributed by atoms with van der Waals surface area (Å²) in [7, 11) is 0. The summed E-state index contributed by atoms with van der Waals surface area (Å²) < 4.78 is 0. The first-order valence-electron chi connectivity index (χ1n) is 13.5. The average Bonchev–Trinajstić information content (AvgIpc) is 2.90. The predicted octanol–water partition coefficient (Wildman–Crippen LogP) is 7.31. The van der Waals surface area contributed by atoms with Gasteiger partial charge in [-0.25, -0.2) is 0 Å². The molecular formula is C35H31BN2. The maximum atomic E-state index is 2.50. The summed E-state index contributed by atoms with van der Waals surface area (Å²) in [5.41, 5.74) is 18.0. The van der Waals surface area contributed by atoms with E-state index in [1.54, 1.807) is 0 Å². The molecule has 5 aromatic rings. The third kappa shape index (κ3) is 3.35. The number of hydrogen-bond acceptors (Lipinski definition) is 2. The van der Waals surface area contributed by atoms with Gasteiger partial charge in [0.1, 0.15) is 0 Å². The summed E-state index contributed by atoms with van der Waals surface area (Å²) in [6.07, 6.45) is 0. The van der Waals surface area contributed by atoms with Crippen LogP contribution < -0.4 is 26.2 Å². The molecule has 0 aromatic heterocycles. The zero-order chi connectivity index (χ0) is 26.1. The molecule has 0 saturated carbocycles. The standard InChI is InChI=1S/C35H31BN2/c1-22-10-14-27(15-11-22)37-32-19-24(3)12-16-28(32)36-29-18-23(2)13-17-31(29)38(30-9-7-6-8-26(30)5)34-21-25(4)20-33(37)35(34)36/h6-21H,1-5H3. The molecule has 0 spiro atoms. The molecule has 2 nitrogen and oxygen atoms in total. The number of nitrogens with zero attached hydrogens (tertiary/aromatic N) is 2. The first kappa shape index (κ1) is 22.9. The molecule has 0 radical (unpaired) electrons. The van der Waals surface area contributed by atoms with E-state index in [0.29, 0.717) is 0 Å². The Kier molecular flexibility index (Phi) is 5.06.